The Labute approximate surface area is 328 Å². The Morgan fingerprint density at radius 1 is 0.692 bits per heavy atom. The molecule has 0 heterocycles. The van der Waals surface area contributed by atoms with Crippen molar-refractivity contribution in [3.05, 3.63) is 162 Å². The Morgan fingerprint density at radius 3 is 1.54 bits per heavy atom. The van der Waals surface area contributed by atoms with Crippen molar-refractivity contribution in [2.24, 2.45) is 11.3 Å². The summed E-state index contributed by atoms with van der Waals surface area (Å²) in [6.45, 7) is 18.5. The van der Waals surface area contributed by atoms with E-state index in [2.05, 4.69) is 116 Å². The molecule has 266 valence electrons. The maximum Gasteiger partial charge on any atom is -1.00 e. The SMILES string of the molecule is CCC1C=C(C(C)(C)C)C=[C]1[Zr+2](=[C](c1ccc(F)cc1)c1ccc(F)cc1)[CH]1c2cc3c(cc2-c2cc4c(cc21)C(C)(C)C=C4)C=CC3(C)C.[Cl-].[Cl-]. The monoisotopic (exact) mass is 808 g/mol. The molecule has 1 unspecified atom stereocenters. The van der Waals surface area contributed by atoms with Gasteiger partial charge in [-0.05, 0) is 0 Å². The van der Waals surface area contributed by atoms with Crippen LogP contribution in [-0.2, 0) is 32.1 Å². The second-order valence-electron chi connectivity index (χ2n) is 16.9. The van der Waals surface area contributed by atoms with Gasteiger partial charge in [-0.25, -0.2) is 0 Å². The summed E-state index contributed by atoms with van der Waals surface area (Å²) in [5.74, 6) is -0.164. The van der Waals surface area contributed by atoms with Gasteiger partial charge in [0, 0.05) is 0 Å². The topological polar surface area (TPSA) is 0 Å². The summed E-state index contributed by atoms with van der Waals surface area (Å²) < 4.78 is 32.3. The molecule has 0 aliphatic heterocycles. The first-order valence-corrected chi connectivity index (χ1v) is 22.0. The average Bonchev–Trinajstić information content (AvgIpc) is 3.80. The molecule has 4 aliphatic rings. The first kappa shape index (κ1) is 38.7. The molecule has 0 amide bonds. The minimum absolute atomic E-state index is 0. The van der Waals surface area contributed by atoms with Gasteiger partial charge in [0.2, 0.25) is 0 Å². The third-order valence-electron chi connectivity index (χ3n) is 11.6. The van der Waals surface area contributed by atoms with E-state index in [9.17, 15) is 8.78 Å². The summed E-state index contributed by atoms with van der Waals surface area (Å²) in [5.41, 5.74) is 14.3. The van der Waals surface area contributed by atoms with Crippen molar-refractivity contribution in [3.8, 4) is 11.1 Å². The Bertz CT molecular complexity index is 2110. The largest absolute Gasteiger partial charge is 1.00 e. The zero-order chi connectivity index (χ0) is 35.3. The number of hydrogen-bond donors (Lipinski definition) is 0. The Hall–Kier alpha value is -2.97. The molecule has 0 radical (unpaired) electrons. The maximum atomic E-state index is 14.6. The van der Waals surface area contributed by atoms with Crippen LogP contribution in [0.3, 0.4) is 0 Å². The van der Waals surface area contributed by atoms with Gasteiger partial charge >= 0.3 is 306 Å². The molecule has 0 saturated heterocycles. The van der Waals surface area contributed by atoms with Gasteiger partial charge in [-0.3, -0.25) is 0 Å². The zero-order valence-electron chi connectivity index (χ0n) is 31.3. The van der Waals surface area contributed by atoms with E-state index in [1.807, 2.05) is 24.3 Å². The van der Waals surface area contributed by atoms with Crippen LogP contribution >= 0.6 is 0 Å². The van der Waals surface area contributed by atoms with Gasteiger partial charge < -0.3 is 24.8 Å². The second-order valence-corrected chi connectivity index (χ2v) is 23.0. The van der Waals surface area contributed by atoms with Crippen LogP contribution in [0.4, 0.5) is 8.78 Å². The van der Waals surface area contributed by atoms with Crippen LogP contribution in [0.1, 0.15) is 110 Å². The van der Waals surface area contributed by atoms with E-state index in [1.54, 1.807) is 27.5 Å². The molecule has 52 heavy (non-hydrogen) atoms. The van der Waals surface area contributed by atoms with E-state index < -0.39 is 21.3 Å². The second kappa shape index (κ2) is 13.7. The van der Waals surface area contributed by atoms with E-state index in [1.165, 1.54) is 53.3 Å². The summed E-state index contributed by atoms with van der Waals surface area (Å²) >= 11 is -3.21. The Kier molecular flexibility index (Phi) is 10.2. The zero-order valence-corrected chi connectivity index (χ0v) is 35.2. The first-order valence-electron chi connectivity index (χ1n) is 18.1. The van der Waals surface area contributed by atoms with Crippen molar-refractivity contribution in [2.75, 3.05) is 0 Å². The smallest absolute Gasteiger partial charge is 1.00 e. The predicted octanol–water partition coefficient (Wildman–Crippen LogP) is 6.43. The van der Waals surface area contributed by atoms with Gasteiger partial charge in [-0.2, -0.15) is 0 Å². The molecule has 4 aromatic carbocycles. The van der Waals surface area contributed by atoms with Crippen LogP contribution in [0.5, 0.6) is 0 Å². The van der Waals surface area contributed by atoms with Gasteiger partial charge in [0.05, 0.1) is 0 Å². The molecule has 0 bridgehead atoms. The minimum atomic E-state index is -3.21. The maximum absolute atomic E-state index is 14.6. The molecule has 4 aromatic rings. The summed E-state index contributed by atoms with van der Waals surface area (Å²) in [5, 5.41) is 0. The molecule has 0 N–H and O–H groups in total. The van der Waals surface area contributed by atoms with Gasteiger partial charge in [0.25, 0.3) is 0 Å². The van der Waals surface area contributed by atoms with Crippen molar-refractivity contribution in [1.82, 2.24) is 0 Å². The van der Waals surface area contributed by atoms with E-state index >= 15 is 0 Å². The average molecular weight is 811 g/mol. The fraction of sp³-hybridized carbons (Fsp3) is 0.298. The Morgan fingerprint density at radius 2 is 1.13 bits per heavy atom. The number of halogens is 4. The minimum Gasteiger partial charge on any atom is -1.00 e. The molecule has 0 fully saturated rings. The number of fused-ring (bicyclic) bond motifs is 5. The molecule has 0 nitrogen and oxygen atoms in total. The van der Waals surface area contributed by atoms with Crippen molar-refractivity contribution >= 4 is 15.4 Å². The fourth-order valence-corrected chi connectivity index (χ4v) is 18.5. The molecule has 0 spiro atoms. The normalized spacial score (nSPS) is 18.3. The molecule has 8 rings (SSSR count). The van der Waals surface area contributed by atoms with Crippen molar-refractivity contribution in [2.45, 2.75) is 76.3 Å². The molecule has 4 aliphatic carbocycles. The van der Waals surface area contributed by atoms with E-state index in [4.69, 9.17) is 0 Å². The van der Waals surface area contributed by atoms with Crippen LogP contribution in [0, 0.1) is 23.0 Å². The van der Waals surface area contributed by atoms with E-state index in [-0.39, 0.29) is 56.3 Å². The fourth-order valence-electron chi connectivity index (χ4n) is 8.73. The number of rotatable bonds is 5. The molecule has 0 aromatic heterocycles. The molecular formula is C47H46Cl2F2Zr. The van der Waals surface area contributed by atoms with E-state index in [0.717, 1.165) is 17.5 Å². The first-order chi connectivity index (χ1) is 23.7. The number of benzene rings is 4. The van der Waals surface area contributed by atoms with Crippen LogP contribution in [0.25, 0.3) is 23.3 Å². The third-order valence-corrected chi connectivity index (χ3v) is 20.1. The summed E-state index contributed by atoms with van der Waals surface area (Å²) in [4.78, 5) is 0. The molecule has 0 saturated carbocycles. The molecule has 5 heteroatoms. The molecular weight excluding hydrogens is 765 g/mol. The van der Waals surface area contributed by atoms with Crippen LogP contribution in [0.15, 0.2) is 106 Å². The van der Waals surface area contributed by atoms with Crippen LogP contribution in [-0.4, -0.2) is 3.21 Å². The van der Waals surface area contributed by atoms with Crippen molar-refractivity contribution in [1.29, 1.82) is 0 Å². The number of hydrogen-bond acceptors (Lipinski definition) is 0. The molecule has 1 atom stereocenters. The van der Waals surface area contributed by atoms with E-state index in [0.29, 0.717) is 5.92 Å². The number of allylic oxidation sites excluding steroid dienone is 6. The van der Waals surface area contributed by atoms with Gasteiger partial charge in [-0.15, -0.1) is 0 Å². The van der Waals surface area contributed by atoms with Crippen LogP contribution in [0.2, 0.25) is 0 Å². The van der Waals surface area contributed by atoms with Crippen molar-refractivity contribution < 1.29 is 54.9 Å². The van der Waals surface area contributed by atoms with Gasteiger partial charge in [0.15, 0.2) is 0 Å². The summed E-state index contributed by atoms with van der Waals surface area (Å²) in [7, 11) is 0. The quantitative estimate of drug-likeness (QED) is 0.218. The van der Waals surface area contributed by atoms with Crippen LogP contribution < -0.4 is 24.8 Å². The Balaban J connectivity index is 0.00000232. The van der Waals surface area contributed by atoms with Gasteiger partial charge in [-0.1, -0.05) is 0 Å². The van der Waals surface area contributed by atoms with Gasteiger partial charge in [0.1, 0.15) is 0 Å². The summed E-state index contributed by atoms with van der Waals surface area (Å²) in [6.07, 6.45) is 15.4. The third kappa shape index (κ3) is 6.38. The summed E-state index contributed by atoms with van der Waals surface area (Å²) in [6, 6.07) is 24.2. The predicted molar refractivity (Wildman–Crippen MR) is 203 cm³/mol. The standard InChI is InChI=1S/C23H21.C13H8F2.C11H17.2ClH.Zr/c1-22(2)7-5-14-10-18-16(12-20(14)22)9-17-13-21-15(11-19(17)18)6-8-23(21,3)4;14-12-5-1-10(2-6-12)9-11-3-7-13(15)8-4-11;1-5-9-6-7-10(8-9)11(2,3)4;;;/h5-13H,1-4H3;1-8H;7-9H,5H2,1-4H3;2*1H;/q;;;;;+2/p-2. The van der Waals surface area contributed by atoms with Crippen molar-refractivity contribution in [3.63, 3.8) is 0 Å².